The van der Waals surface area contributed by atoms with Gasteiger partial charge >= 0.3 is 6.09 Å². The predicted octanol–water partition coefficient (Wildman–Crippen LogP) is 2.84. The quantitative estimate of drug-likeness (QED) is 0.499. The van der Waals surface area contributed by atoms with E-state index in [9.17, 15) is 9.59 Å². The van der Waals surface area contributed by atoms with Crippen LogP contribution in [0.2, 0.25) is 0 Å². The molecule has 0 aromatic heterocycles. The molecule has 5 heteroatoms. The van der Waals surface area contributed by atoms with Crippen LogP contribution in [0.4, 0.5) is 10.5 Å². The first-order valence-corrected chi connectivity index (χ1v) is 5.44. The molecule has 0 spiro atoms. The van der Waals surface area contributed by atoms with Gasteiger partial charge in [-0.25, -0.2) is 4.79 Å². The lowest BCUT2D eigenvalue weighted by molar-refractivity contribution is 0.102. The Bertz CT molecular complexity index is 432. The Morgan fingerprint density at radius 3 is 2.88 bits per heavy atom. The maximum Gasteiger partial charge on any atom is 0.411 e. The number of amides is 1. The summed E-state index contributed by atoms with van der Waals surface area (Å²) in [5.41, 5.74) is 0.927. The van der Waals surface area contributed by atoms with E-state index in [1.54, 1.807) is 24.3 Å². The van der Waals surface area contributed by atoms with E-state index in [1.807, 2.05) is 0 Å². The van der Waals surface area contributed by atoms with Gasteiger partial charge in [0.15, 0.2) is 5.78 Å². The van der Waals surface area contributed by atoms with Gasteiger partial charge in [0.25, 0.3) is 0 Å². The van der Waals surface area contributed by atoms with Crippen molar-refractivity contribution in [3.63, 3.8) is 0 Å². The summed E-state index contributed by atoms with van der Waals surface area (Å²) < 4.78 is 4.74. The van der Waals surface area contributed by atoms with Gasteiger partial charge in [0.2, 0.25) is 0 Å². The molecule has 1 amide bonds. The van der Waals surface area contributed by atoms with E-state index in [0.717, 1.165) is 0 Å². The highest BCUT2D eigenvalue weighted by molar-refractivity contribution is 6.30. The van der Waals surface area contributed by atoms with E-state index >= 15 is 0 Å². The molecule has 0 unspecified atom stereocenters. The number of hydrogen-bond acceptors (Lipinski definition) is 3. The standard InChI is InChI=1S/C12H12ClNO3/c1-2-6-17-12(16)14-10-5-3-4-9(7-10)11(15)8-13/h2-5,7H,1,6,8H2,(H,14,16). The van der Waals surface area contributed by atoms with Crippen molar-refractivity contribution in [2.24, 2.45) is 0 Å². The monoisotopic (exact) mass is 253 g/mol. The van der Waals surface area contributed by atoms with E-state index in [0.29, 0.717) is 11.3 Å². The summed E-state index contributed by atoms with van der Waals surface area (Å²) in [6.45, 7) is 3.55. The molecular formula is C12H12ClNO3. The minimum atomic E-state index is -0.597. The Hall–Kier alpha value is -1.81. The van der Waals surface area contributed by atoms with Crippen LogP contribution >= 0.6 is 11.6 Å². The smallest absolute Gasteiger partial charge is 0.411 e. The fourth-order valence-electron chi connectivity index (χ4n) is 1.14. The van der Waals surface area contributed by atoms with Gasteiger partial charge in [-0.3, -0.25) is 10.1 Å². The van der Waals surface area contributed by atoms with Crippen LogP contribution in [0, 0.1) is 0 Å². The normalized spacial score (nSPS) is 9.47. The number of benzene rings is 1. The van der Waals surface area contributed by atoms with Crippen LogP contribution in [0.15, 0.2) is 36.9 Å². The first kappa shape index (κ1) is 13.3. The van der Waals surface area contributed by atoms with Crippen molar-refractivity contribution in [1.82, 2.24) is 0 Å². The Kier molecular flexibility index (Phi) is 5.23. The first-order valence-electron chi connectivity index (χ1n) is 4.91. The Labute approximate surface area is 104 Å². The highest BCUT2D eigenvalue weighted by atomic mass is 35.5. The molecule has 4 nitrogen and oxygen atoms in total. The maximum atomic E-state index is 11.3. The topological polar surface area (TPSA) is 55.4 Å². The average molecular weight is 254 g/mol. The van der Waals surface area contributed by atoms with E-state index in [1.165, 1.54) is 6.08 Å². The highest BCUT2D eigenvalue weighted by Gasteiger charge is 2.06. The number of anilines is 1. The van der Waals surface area contributed by atoms with Gasteiger partial charge in [-0.05, 0) is 12.1 Å². The molecule has 1 N–H and O–H groups in total. The highest BCUT2D eigenvalue weighted by Crippen LogP contribution is 2.12. The summed E-state index contributed by atoms with van der Waals surface area (Å²) in [4.78, 5) is 22.6. The van der Waals surface area contributed by atoms with Crippen LogP contribution in [0.25, 0.3) is 0 Å². The zero-order chi connectivity index (χ0) is 12.7. The number of nitrogens with one attached hydrogen (secondary N) is 1. The van der Waals surface area contributed by atoms with Crippen molar-refractivity contribution in [2.75, 3.05) is 17.8 Å². The van der Waals surface area contributed by atoms with Crippen molar-refractivity contribution in [1.29, 1.82) is 0 Å². The molecule has 0 aliphatic rings. The first-order chi connectivity index (χ1) is 8.17. The predicted molar refractivity (Wildman–Crippen MR) is 66.7 cm³/mol. The molecular weight excluding hydrogens is 242 g/mol. The van der Waals surface area contributed by atoms with E-state index < -0.39 is 6.09 Å². The van der Waals surface area contributed by atoms with Crippen molar-refractivity contribution in [2.45, 2.75) is 0 Å². The van der Waals surface area contributed by atoms with Crippen molar-refractivity contribution in [3.05, 3.63) is 42.5 Å². The van der Waals surface area contributed by atoms with Gasteiger partial charge in [0.1, 0.15) is 6.61 Å². The summed E-state index contributed by atoms with van der Waals surface area (Å²) in [7, 11) is 0. The van der Waals surface area contributed by atoms with Crippen LogP contribution < -0.4 is 5.32 Å². The molecule has 0 aliphatic carbocycles. The van der Waals surface area contributed by atoms with Gasteiger partial charge in [0, 0.05) is 11.3 Å². The Balaban J connectivity index is 2.68. The number of carbonyl (C=O) groups is 2. The lowest BCUT2D eigenvalue weighted by atomic mass is 10.1. The molecule has 0 atom stereocenters. The second-order valence-corrected chi connectivity index (χ2v) is 3.42. The number of hydrogen-bond donors (Lipinski definition) is 1. The number of rotatable bonds is 5. The van der Waals surface area contributed by atoms with E-state index in [2.05, 4.69) is 11.9 Å². The Morgan fingerprint density at radius 2 is 2.24 bits per heavy atom. The fourth-order valence-corrected chi connectivity index (χ4v) is 1.29. The van der Waals surface area contributed by atoms with Crippen molar-refractivity contribution in [3.8, 4) is 0 Å². The molecule has 0 fully saturated rings. The summed E-state index contributed by atoms with van der Waals surface area (Å²) in [6, 6.07) is 6.48. The fraction of sp³-hybridized carbons (Fsp3) is 0.167. The zero-order valence-electron chi connectivity index (χ0n) is 9.11. The molecule has 1 aromatic rings. The van der Waals surface area contributed by atoms with Gasteiger partial charge in [-0.15, -0.1) is 11.6 Å². The molecule has 90 valence electrons. The SMILES string of the molecule is C=CCOC(=O)Nc1cccc(C(=O)CCl)c1. The molecule has 0 heterocycles. The lowest BCUT2D eigenvalue weighted by Crippen LogP contribution is -2.14. The minimum Gasteiger partial charge on any atom is -0.445 e. The third-order valence-corrected chi connectivity index (χ3v) is 2.13. The second-order valence-electron chi connectivity index (χ2n) is 3.15. The van der Waals surface area contributed by atoms with E-state index in [4.69, 9.17) is 16.3 Å². The van der Waals surface area contributed by atoms with Gasteiger partial charge < -0.3 is 4.74 Å². The third-order valence-electron chi connectivity index (χ3n) is 1.88. The number of alkyl halides is 1. The molecule has 0 aliphatic heterocycles. The number of Topliss-reactive ketones (excluding diaryl/α,β-unsaturated/α-hetero) is 1. The zero-order valence-corrected chi connectivity index (χ0v) is 9.87. The average Bonchev–Trinajstić information content (AvgIpc) is 2.35. The number of halogens is 1. The molecule has 0 radical (unpaired) electrons. The number of carbonyl (C=O) groups excluding carboxylic acids is 2. The van der Waals surface area contributed by atoms with E-state index in [-0.39, 0.29) is 18.3 Å². The number of ketones is 1. The summed E-state index contributed by atoms with van der Waals surface area (Å²) >= 11 is 5.44. The molecule has 1 rings (SSSR count). The van der Waals surface area contributed by atoms with Crippen molar-refractivity contribution < 1.29 is 14.3 Å². The summed E-state index contributed by atoms with van der Waals surface area (Å²) in [6.07, 6.45) is 0.868. The van der Waals surface area contributed by atoms with Gasteiger partial charge in [-0.1, -0.05) is 24.8 Å². The molecule has 0 bridgehead atoms. The minimum absolute atomic E-state index is 0.0929. The second kappa shape index (κ2) is 6.70. The van der Waals surface area contributed by atoms with Crippen LogP contribution in [-0.4, -0.2) is 24.4 Å². The number of ether oxygens (including phenoxy) is 1. The van der Waals surface area contributed by atoms with Gasteiger partial charge in [-0.2, -0.15) is 0 Å². The van der Waals surface area contributed by atoms with Crippen molar-refractivity contribution >= 4 is 29.2 Å². The molecule has 0 saturated heterocycles. The molecule has 0 saturated carbocycles. The lowest BCUT2D eigenvalue weighted by Gasteiger charge is -2.06. The third kappa shape index (κ3) is 4.28. The van der Waals surface area contributed by atoms with Crippen LogP contribution in [0.1, 0.15) is 10.4 Å². The van der Waals surface area contributed by atoms with Crippen LogP contribution in [-0.2, 0) is 4.74 Å². The Morgan fingerprint density at radius 1 is 1.47 bits per heavy atom. The molecule has 17 heavy (non-hydrogen) atoms. The summed E-state index contributed by atoms with van der Waals surface area (Å²) in [5.74, 6) is -0.292. The summed E-state index contributed by atoms with van der Waals surface area (Å²) in [5, 5.41) is 2.49. The van der Waals surface area contributed by atoms with Crippen LogP contribution in [0.5, 0.6) is 0 Å². The van der Waals surface area contributed by atoms with Crippen LogP contribution in [0.3, 0.4) is 0 Å². The largest absolute Gasteiger partial charge is 0.445 e. The van der Waals surface area contributed by atoms with Gasteiger partial charge in [0.05, 0.1) is 5.88 Å². The maximum absolute atomic E-state index is 11.3. The molecule has 1 aromatic carbocycles.